The van der Waals surface area contributed by atoms with E-state index in [0.29, 0.717) is 6.42 Å². The zero-order valence-electron chi connectivity index (χ0n) is 14.2. The minimum atomic E-state index is -2.62. The van der Waals surface area contributed by atoms with Crippen LogP contribution in [0.25, 0.3) is 0 Å². The van der Waals surface area contributed by atoms with Gasteiger partial charge in [0.1, 0.15) is 0 Å². The zero-order chi connectivity index (χ0) is 16.5. The van der Waals surface area contributed by atoms with Crippen LogP contribution in [-0.2, 0) is 19.5 Å². The molecule has 0 bridgehead atoms. The van der Waals surface area contributed by atoms with Crippen LogP contribution in [0.15, 0.2) is 42.5 Å². The van der Waals surface area contributed by atoms with Gasteiger partial charge in [-0.15, -0.1) is 0 Å². The van der Waals surface area contributed by atoms with E-state index in [0.717, 1.165) is 5.56 Å². The lowest BCUT2D eigenvalue weighted by Gasteiger charge is -2.19. The number of aliphatic hydroxyl groups is 2. The van der Waals surface area contributed by atoms with Gasteiger partial charge < -0.3 is 14.8 Å². The predicted octanol–water partition coefficient (Wildman–Crippen LogP) is 2.28. The summed E-state index contributed by atoms with van der Waals surface area (Å²) in [5.41, 5.74) is 0.838. The SMILES string of the molecule is [2H]C([2H])(O)c1ccc(C([2H])([2H])O)n1C(C)Cc1ccccc1. The first-order chi connectivity index (χ1) is 10.1. The molecular weight excluding hydrogens is 226 g/mol. The molecule has 0 fully saturated rings. The van der Waals surface area contributed by atoms with E-state index in [1.807, 2.05) is 30.3 Å². The average Bonchev–Trinajstić information content (AvgIpc) is 2.84. The largest absolute Gasteiger partial charge is 0.390 e. The molecule has 1 heterocycles. The lowest BCUT2D eigenvalue weighted by molar-refractivity contribution is 0.249. The fourth-order valence-electron chi connectivity index (χ4n) is 2.15. The number of aromatic nitrogens is 1. The van der Waals surface area contributed by atoms with Crippen LogP contribution in [0.3, 0.4) is 0 Å². The maximum Gasteiger partial charge on any atom is 0.0833 e. The molecule has 2 N–H and O–H groups in total. The first-order valence-electron chi connectivity index (χ1n) is 7.81. The van der Waals surface area contributed by atoms with Gasteiger partial charge in [-0.25, -0.2) is 0 Å². The van der Waals surface area contributed by atoms with E-state index in [9.17, 15) is 10.2 Å². The third-order valence-corrected chi connectivity index (χ3v) is 2.96. The quantitative estimate of drug-likeness (QED) is 0.854. The summed E-state index contributed by atoms with van der Waals surface area (Å²) < 4.78 is 31.3. The molecule has 0 spiro atoms. The van der Waals surface area contributed by atoms with Gasteiger partial charge in [-0.3, -0.25) is 0 Å². The maximum atomic E-state index is 9.67. The first-order valence-corrected chi connectivity index (χ1v) is 5.81. The lowest BCUT2D eigenvalue weighted by atomic mass is 10.1. The fourth-order valence-corrected chi connectivity index (χ4v) is 2.15. The Balaban J connectivity index is 2.45. The molecule has 0 aliphatic rings. The van der Waals surface area contributed by atoms with E-state index in [4.69, 9.17) is 5.48 Å². The molecule has 1 atom stereocenters. The predicted molar refractivity (Wildman–Crippen MR) is 71.1 cm³/mol. The molecule has 0 radical (unpaired) electrons. The Kier molecular flexibility index (Phi) is 2.76. The van der Waals surface area contributed by atoms with Crippen molar-refractivity contribution in [3.8, 4) is 0 Å². The minimum Gasteiger partial charge on any atom is -0.390 e. The van der Waals surface area contributed by atoms with Crippen molar-refractivity contribution in [2.24, 2.45) is 0 Å². The summed E-state index contributed by atoms with van der Waals surface area (Å²) in [4.78, 5) is 0. The van der Waals surface area contributed by atoms with E-state index in [2.05, 4.69) is 0 Å². The van der Waals surface area contributed by atoms with Crippen molar-refractivity contribution in [2.75, 3.05) is 0 Å². The van der Waals surface area contributed by atoms with Crippen molar-refractivity contribution in [1.82, 2.24) is 4.57 Å². The molecular formula is C15H19NO2. The monoisotopic (exact) mass is 249 g/mol. The van der Waals surface area contributed by atoms with Crippen molar-refractivity contribution >= 4 is 0 Å². The van der Waals surface area contributed by atoms with Gasteiger partial charge in [-0.1, -0.05) is 30.3 Å². The minimum absolute atomic E-state index is 0.0798. The van der Waals surface area contributed by atoms with Crippen LogP contribution in [0.2, 0.25) is 0 Å². The Morgan fingerprint density at radius 3 is 2.11 bits per heavy atom. The second-order valence-corrected chi connectivity index (χ2v) is 4.24. The van der Waals surface area contributed by atoms with Gasteiger partial charge in [-0.2, -0.15) is 0 Å². The topological polar surface area (TPSA) is 45.4 Å². The Labute approximate surface area is 113 Å². The molecule has 3 heteroatoms. The highest BCUT2D eigenvalue weighted by molar-refractivity contribution is 5.20. The van der Waals surface area contributed by atoms with Crippen molar-refractivity contribution in [2.45, 2.75) is 32.5 Å². The molecule has 96 valence electrons. The molecule has 0 amide bonds. The summed E-state index contributed by atoms with van der Waals surface area (Å²) in [7, 11) is 0. The third kappa shape index (κ3) is 2.63. The summed E-state index contributed by atoms with van der Waals surface area (Å²) in [6, 6.07) is 11.7. The molecule has 0 aliphatic heterocycles. The summed E-state index contributed by atoms with van der Waals surface area (Å²) in [5.74, 6) is 0. The Bertz CT molecular complexity index is 598. The maximum absolute atomic E-state index is 9.67. The second-order valence-electron chi connectivity index (χ2n) is 4.24. The van der Waals surface area contributed by atoms with Gasteiger partial charge in [0.15, 0.2) is 0 Å². The van der Waals surface area contributed by atoms with Gasteiger partial charge in [0, 0.05) is 17.4 Å². The molecule has 1 aromatic heterocycles. The van der Waals surface area contributed by atoms with Gasteiger partial charge in [0.2, 0.25) is 0 Å². The molecule has 18 heavy (non-hydrogen) atoms. The van der Waals surface area contributed by atoms with Crippen LogP contribution < -0.4 is 0 Å². The van der Waals surface area contributed by atoms with Crippen molar-refractivity contribution in [3.63, 3.8) is 0 Å². The number of rotatable bonds is 5. The van der Waals surface area contributed by atoms with Crippen LogP contribution >= 0.6 is 0 Å². The molecule has 0 aliphatic carbocycles. The smallest absolute Gasteiger partial charge is 0.0833 e. The summed E-state index contributed by atoms with van der Waals surface area (Å²) >= 11 is 0. The van der Waals surface area contributed by atoms with E-state index < -0.39 is 13.1 Å². The summed E-state index contributed by atoms with van der Waals surface area (Å²) in [6.45, 7) is -3.44. The number of benzene rings is 1. The first kappa shape index (κ1) is 8.51. The van der Waals surface area contributed by atoms with Crippen LogP contribution in [0.4, 0.5) is 0 Å². The lowest BCUT2D eigenvalue weighted by Crippen LogP contribution is -2.14. The zero-order valence-corrected chi connectivity index (χ0v) is 10.2. The summed E-state index contributed by atoms with van der Waals surface area (Å²) in [6.07, 6.45) is 0.516. The molecule has 0 saturated heterocycles. The average molecular weight is 249 g/mol. The highest BCUT2D eigenvalue weighted by atomic mass is 16.3. The molecule has 1 unspecified atom stereocenters. The summed E-state index contributed by atoms with van der Waals surface area (Å²) in [5, 5.41) is 19.3. The Morgan fingerprint density at radius 1 is 1.06 bits per heavy atom. The van der Waals surface area contributed by atoms with Gasteiger partial charge >= 0.3 is 0 Å². The second kappa shape index (κ2) is 5.85. The Morgan fingerprint density at radius 2 is 1.61 bits per heavy atom. The molecule has 3 nitrogen and oxygen atoms in total. The van der Waals surface area contributed by atoms with Crippen molar-refractivity contribution in [3.05, 3.63) is 59.4 Å². The number of nitrogens with zero attached hydrogens (tertiary/aromatic N) is 1. The third-order valence-electron chi connectivity index (χ3n) is 2.96. The van der Waals surface area contributed by atoms with Crippen LogP contribution in [0.1, 0.15) is 35.4 Å². The van der Waals surface area contributed by atoms with Crippen LogP contribution in [0, 0.1) is 0 Å². The highest BCUT2D eigenvalue weighted by Crippen LogP contribution is 2.20. The number of hydrogen-bond donors (Lipinski definition) is 2. The molecule has 1 aromatic carbocycles. The van der Waals surface area contributed by atoms with Gasteiger partial charge in [-0.05, 0) is 31.0 Å². The fraction of sp³-hybridized carbons (Fsp3) is 0.333. The molecule has 0 saturated carbocycles. The van der Waals surface area contributed by atoms with Crippen molar-refractivity contribution < 1.29 is 15.7 Å². The number of hydrogen-bond acceptors (Lipinski definition) is 2. The van der Waals surface area contributed by atoms with Crippen molar-refractivity contribution in [1.29, 1.82) is 0 Å². The standard InChI is InChI=1S/C15H19NO2/c1-12(9-13-5-3-2-4-6-13)16-14(10-17)7-8-15(16)11-18/h2-8,12,17-18H,9-11H2,1H3/i10D2,11D2. The molecule has 2 rings (SSSR count). The normalized spacial score (nSPS) is 17.5. The molecule has 2 aromatic rings. The highest BCUT2D eigenvalue weighted by Gasteiger charge is 2.13. The van der Waals surface area contributed by atoms with Gasteiger partial charge in [0.05, 0.1) is 18.6 Å². The van der Waals surface area contributed by atoms with E-state index >= 15 is 0 Å². The van der Waals surface area contributed by atoms with E-state index in [1.165, 1.54) is 16.7 Å². The Hall–Kier alpha value is -1.58. The van der Waals surface area contributed by atoms with E-state index in [-0.39, 0.29) is 17.4 Å². The van der Waals surface area contributed by atoms with Gasteiger partial charge in [0.25, 0.3) is 0 Å². The van der Waals surface area contributed by atoms with E-state index in [1.54, 1.807) is 6.92 Å². The van der Waals surface area contributed by atoms with Crippen LogP contribution in [0.5, 0.6) is 0 Å². The van der Waals surface area contributed by atoms with Crippen LogP contribution in [-0.4, -0.2) is 14.8 Å².